The number of amides is 1. The number of hydrogen-bond donors (Lipinski definition) is 1. The molecule has 0 unspecified atom stereocenters. The fraction of sp³-hybridized carbons (Fsp3) is 0.765. The van der Waals surface area contributed by atoms with Crippen LogP contribution < -0.4 is 0 Å². The van der Waals surface area contributed by atoms with Crippen LogP contribution in [0.2, 0.25) is 0 Å². The maximum absolute atomic E-state index is 12.7. The SMILES string of the molecule is CCCc1[nH]ncc1C(=O)N1CCO[C@H](CCCC(C)C)C1. The van der Waals surface area contributed by atoms with E-state index in [1.807, 2.05) is 4.90 Å². The third kappa shape index (κ3) is 4.57. The summed E-state index contributed by atoms with van der Waals surface area (Å²) in [6, 6.07) is 0. The highest BCUT2D eigenvalue weighted by molar-refractivity contribution is 5.95. The van der Waals surface area contributed by atoms with Crippen molar-refractivity contribution in [2.45, 2.75) is 59.0 Å². The maximum atomic E-state index is 12.7. The van der Waals surface area contributed by atoms with Crippen molar-refractivity contribution in [3.63, 3.8) is 0 Å². The molecule has 1 aromatic heterocycles. The summed E-state index contributed by atoms with van der Waals surface area (Å²) >= 11 is 0. The summed E-state index contributed by atoms with van der Waals surface area (Å²) in [5, 5.41) is 7.00. The van der Waals surface area contributed by atoms with Gasteiger partial charge in [0.05, 0.1) is 24.5 Å². The molecule has 5 heteroatoms. The lowest BCUT2D eigenvalue weighted by Crippen LogP contribution is -2.45. The Kier molecular flexibility index (Phi) is 6.43. The second kappa shape index (κ2) is 8.32. The van der Waals surface area contributed by atoms with Crippen LogP contribution in [0.1, 0.15) is 62.5 Å². The quantitative estimate of drug-likeness (QED) is 0.842. The first-order valence-electron chi connectivity index (χ1n) is 8.55. The second-order valence-corrected chi connectivity index (χ2v) is 6.58. The molecule has 1 aliphatic rings. The zero-order valence-electron chi connectivity index (χ0n) is 14.1. The van der Waals surface area contributed by atoms with Crippen LogP contribution in [0.15, 0.2) is 6.20 Å². The Morgan fingerprint density at radius 1 is 1.55 bits per heavy atom. The third-order valence-corrected chi connectivity index (χ3v) is 4.18. The van der Waals surface area contributed by atoms with Gasteiger partial charge in [-0.15, -0.1) is 0 Å². The Morgan fingerprint density at radius 3 is 3.09 bits per heavy atom. The Balaban J connectivity index is 1.90. The fourth-order valence-corrected chi connectivity index (χ4v) is 2.94. The zero-order chi connectivity index (χ0) is 15.9. The number of carbonyl (C=O) groups is 1. The van der Waals surface area contributed by atoms with E-state index in [9.17, 15) is 4.79 Å². The van der Waals surface area contributed by atoms with Gasteiger partial charge < -0.3 is 9.64 Å². The molecule has 22 heavy (non-hydrogen) atoms. The predicted molar refractivity (Wildman–Crippen MR) is 86.9 cm³/mol. The normalized spacial score (nSPS) is 18.9. The number of aromatic nitrogens is 2. The van der Waals surface area contributed by atoms with Crippen LogP contribution in [0.5, 0.6) is 0 Å². The van der Waals surface area contributed by atoms with E-state index in [1.165, 1.54) is 6.42 Å². The highest BCUT2D eigenvalue weighted by atomic mass is 16.5. The van der Waals surface area contributed by atoms with E-state index in [2.05, 4.69) is 31.0 Å². The molecule has 2 heterocycles. The van der Waals surface area contributed by atoms with E-state index in [1.54, 1.807) is 6.20 Å². The molecule has 0 saturated carbocycles. The minimum absolute atomic E-state index is 0.0920. The van der Waals surface area contributed by atoms with Gasteiger partial charge in [0.2, 0.25) is 0 Å². The predicted octanol–water partition coefficient (Wildman–Crippen LogP) is 3.03. The van der Waals surface area contributed by atoms with Gasteiger partial charge in [-0.1, -0.05) is 40.0 Å². The fourth-order valence-electron chi connectivity index (χ4n) is 2.94. The molecule has 0 aliphatic carbocycles. The number of carbonyl (C=O) groups excluding carboxylic acids is 1. The van der Waals surface area contributed by atoms with Gasteiger partial charge in [0, 0.05) is 18.8 Å². The number of rotatable bonds is 7. The summed E-state index contributed by atoms with van der Waals surface area (Å²) < 4.78 is 5.82. The van der Waals surface area contributed by atoms with Crippen LogP contribution in [0, 0.1) is 5.92 Å². The summed E-state index contributed by atoms with van der Waals surface area (Å²) in [6.45, 7) is 8.61. The van der Waals surface area contributed by atoms with Crippen LogP contribution in [0.4, 0.5) is 0 Å². The number of hydrogen-bond acceptors (Lipinski definition) is 3. The number of nitrogens with zero attached hydrogens (tertiary/aromatic N) is 2. The average molecular weight is 307 g/mol. The van der Waals surface area contributed by atoms with Crippen LogP contribution in [-0.4, -0.2) is 46.8 Å². The van der Waals surface area contributed by atoms with Crippen LogP contribution in [0.25, 0.3) is 0 Å². The van der Waals surface area contributed by atoms with E-state index in [0.717, 1.165) is 42.9 Å². The summed E-state index contributed by atoms with van der Waals surface area (Å²) in [4.78, 5) is 14.6. The van der Waals surface area contributed by atoms with Crippen molar-refractivity contribution >= 4 is 5.91 Å². The van der Waals surface area contributed by atoms with Crippen molar-refractivity contribution in [1.82, 2.24) is 15.1 Å². The molecule has 2 rings (SSSR count). The summed E-state index contributed by atoms with van der Waals surface area (Å²) in [7, 11) is 0. The van der Waals surface area contributed by atoms with E-state index in [0.29, 0.717) is 19.7 Å². The van der Waals surface area contributed by atoms with Gasteiger partial charge >= 0.3 is 0 Å². The standard InChI is InChI=1S/C17H29N3O2/c1-4-6-16-15(11-18-19-16)17(21)20-9-10-22-14(12-20)8-5-7-13(2)3/h11,13-14H,4-10,12H2,1-3H3,(H,18,19)/t14-/m1/s1. The summed E-state index contributed by atoms with van der Waals surface area (Å²) in [6.07, 6.45) is 7.13. The highest BCUT2D eigenvalue weighted by Gasteiger charge is 2.26. The molecule has 0 aromatic carbocycles. The Bertz CT molecular complexity index is 470. The lowest BCUT2D eigenvalue weighted by atomic mass is 10.0. The smallest absolute Gasteiger partial charge is 0.257 e. The van der Waals surface area contributed by atoms with Gasteiger partial charge in [-0.2, -0.15) is 5.10 Å². The molecule has 1 fully saturated rings. The first-order chi connectivity index (χ1) is 10.6. The summed E-state index contributed by atoms with van der Waals surface area (Å²) in [5.74, 6) is 0.818. The van der Waals surface area contributed by atoms with Gasteiger partial charge in [-0.3, -0.25) is 9.89 Å². The van der Waals surface area contributed by atoms with Crippen molar-refractivity contribution < 1.29 is 9.53 Å². The molecule has 1 amide bonds. The molecule has 1 saturated heterocycles. The Hall–Kier alpha value is -1.36. The highest BCUT2D eigenvalue weighted by Crippen LogP contribution is 2.17. The molecule has 1 aromatic rings. The molecule has 1 atom stereocenters. The van der Waals surface area contributed by atoms with Crippen LogP contribution in [0.3, 0.4) is 0 Å². The van der Waals surface area contributed by atoms with Crippen molar-refractivity contribution in [2.24, 2.45) is 5.92 Å². The van der Waals surface area contributed by atoms with Crippen LogP contribution in [-0.2, 0) is 11.2 Å². The molecule has 0 radical (unpaired) electrons. The van der Waals surface area contributed by atoms with Crippen molar-refractivity contribution in [3.8, 4) is 0 Å². The van der Waals surface area contributed by atoms with Gasteiger partial charge in [0.1, 0.15) is 0 Å². The number of aryl methyl sites for hydroxylation is 1. The second-order valence-electron chi connectivity index (χ2n) is 6.58. The molecule has 0 spiro atoms. The first-order valence-corrected chi connectivity index (χ1v) is 8.55. The van der Waals surface area contributed by atoms with Crippen molar-refractivity contribution in [1.29, 1.82) is 0 Å². The summed E-state index contributed by atoms with van der Waals surface area (Å²) in [5.41, 5.74) is 1.68. The van der Waals surface area contributed by atoms with Gasteiger partial charge in [0.15, 0.2) is 0 Å². The lowest BCUT2D eigenvalue weighted by molar-refractivity contribution is -0.0260. The van der Waals surface area contributed by atoms with Crippen molar-refractivity contribution in [2.75, 3.05) is 19.7 Å². The molecule has 0 bridgehead atoms. The number of aromatic amines is 1. The molecule has 5 nitrogen and oxygen atoms in total. The molecular formula is C17H29N3O2. The van der Waals surface area contributed by atoms with E-state index < -0.39 is 0 Å². The number of morpholine rings is 1. The first kappa shape index (κ1) is 17.0. The van der Waals surface area contributed by atoms with Gasteiger partial charge in [-0.05, 0) is 18.8 Å². The average Bonchev–Trinajstić information content (AvgIpc) is 2.95. The number of nitrogens with one attached hydrogen (secondary N) is 1. The number of H-pyrrole nitrogens is 1. The molecule has 1 aliphatic heterocycles. The van der Waals surface area contributed by atoms with E-state index in [-0.39, 0.29) is 12.0 Å². The van der Waals surface area contributed by atoms with Gasteiger partial charge in [-0.25, -0.2) is 0 Å². The Morgan fingerprint density at radius 2 is 2.36 bits per heavy atom. The zero-order valence-corrected chi connectivity index (χ0v) is 14.1. The van der Waals surface area contributed by atoms with Gasteiger partial charge in [0.25, 0.3) is 5.91 Å². The van der Waals surface area contributed by atoms with E-state index >= 15 is 0 Å². The van der Waals surface area contributed by atoms with E-state index in [4.69, 9.17) is 4.74 Å². The topological polar surface area (TPSA) is 58.2 Å². The molecular weight excluding hydrogens is 278 g/mol. The largest absolute Gasteiger partial charge is 0.375 e. The number of ether oxygens (including phenoxy) is 1. The van der Waals surface area contributed by atoms with Crippen molar-refractivity contribution in [3.05, 3.63) is 17.5 Å². The molecule has 124 valence electrons. The Labute approximate surface area is 133 Å². The molecule has 1 N–H and O–H groups in total. The van der Waals surface area contributed by atoms with Crippen LogP contribution >= 0.6 is 0 Å². The monoisotopic (exact) mass is 307 g/mol. The minimum atomic E-state index is 0.0920. The lowest BCUT2D eigenvalue weighted by Gasteiger charge is -2.33. The minimum Gasteiger partial charge on any atom is -0.375 e. The maximum Gasteiger partial charge on any atom is 0.257 e. The third-order valence-electron chi connectivity index (χ3n) is 4.18.